The van der Waals surface area contributed by atoms with Gasteiger partial charge in [-0.05, 0) is 18.9 Å². The fraction of sp³-hybridized carbons (Fsp3) is 0.600. The van der Waals surface area contributed by atoms with Crippen molar-refractivity contribution in [2.24, 2.45) is 5.92 Å². The largest absolute Gasteiger partial charge is 0.389 e. The Kier molecular flexibility index (Phi) is 3.89. The van der Waals surface area contributed by atoms with Gasteiger partial charge in [-0.1, -0.05) is 13.8 Å². The Labute approximate surface area is 89.0 Å². The van der Waals surface area contributed by atoms with Crippen molar-refractivity contribution < 1.29 is 5.11 Å². The average Bonchev–Trinajstić information content (AvgIpc) is 2.16. The van der Waals surface area contributed by atoms with E-state index in [2.05, 4.69) is 9.97 Å². The van der Waals surface area contributed by atoms with Crippen molar-refractivity contribution in [3.63, 3.8) is 0 Å². The third-order valence-corrected chi connectivity index (χ3v) is 3.58. The summed E-state index contributed by atoms with van der Waals surface area (Å²) in [6, 6.07) is 1.85. The molecule has 0 saturated heterocycles. The predicted octanol–water partition coefficient (Wildman–Crippen LogP) is 1.98. The van der Waals surface area contributed by atoms with Crippen LogP contribution in [-0.2, 0) is 0 Å². The molecule has 3 nitrogen and oxygen atoms in total. The number of nitrogens with zero attached hydrogens (tertiary/aromatic N) is 2. The normalized spacial score (nSPS) is 15.5. The molecule has 1 rings (SSSR count). The smallest absolute Gasteiger partial charge is 0.116 e. The summed E-state index contributed by atoms with van der Waals surface area (Å²) < 4.78 is 0. The van der Waals surface area contributed by atoms with E-state index in [9.17, 15) is 5.11 Å². The van der Waals surface area contributed by atoms with Crippen LogP contribution >= 0.6 is 11.8 Å². The maximum Gasteiger partial charge on any atom is 0.116 e. The first-order chi connectivity index (χ1) is 6.52. The van der Waals surface area contributed by atoms with Gasteiger partial charge in [-0.3, -0.25) is 0 Å². The van der Waals surface area contributed by atoms with Gasteiger partial charge in [-0.2, -0.15) is 0 Å². The molecule has 1 unspecified atom stereocenters. The van der Waals surface area contributed by atoms with Crippen LogP contribution in [0.15, 0.2) is 23.6 Å². The topological polar surface area (TPSA) is 46.0 Å². The SMILES string of the molecule is CC(C)C(C)(O)CSc1ccncn1. The molecule has 1 aromatic heterocycles. The van der Waals surface area contributed by atoms with Gasteiger partial charge >= 0.3 is 0 Å². The number of hydrogen-bond acceptors (Lipinski definition) is 4. The second kappa shape index (κ2) is 4.75. The highest BCUT2D eigenvalue weighted by molar-refractivity contribution is 7.99. The van der Waals surface area contributed by atoms with E-state index in [0.29, 0.717) is 5.75 Å². The highest BCUT2D eigenvalue weighted by atomic mass is 32.2. The summed E-state index contributed by atoms with van der Waals surface area (Å²) in [4.78, 5) is 7.92. The summed E-state index contributed by atoms with van der Waals surface area (Å²) in [6.45, 7) is 5.88. The maximum absolute atomic E-state index is 9.99. The van der Waals surface area contributed by atoms with E-state index >= 15 is 0 Å². The van der Waals surface area contributed by atoms with Crippen molar-refractivity contribution in [3.05, 3.63) is 18.6 Å². The number of hydrogen-bond donors (Lipinski definition) is 1. The van der Waals surface area contributed by atoms with Gasteiger partial charge < -0.3 is 5.11 Å². The molecule has 1 N–H and O–H groups in total. The zero-order valence-electron chi connectivity index (χ0n) is 8.77. The van der Waals surface area contributed by atoms with Crippen LogP contribution in [0.25, 0.3) is 0 Å². The van der Waals surface area contributed by atoms with Gasteiger partial charge in [0.2, 0.25) is 0 Å². The summed E-state index contributed by atoms with van der Waals surface area (Å²) in [5, 5.41) is 10.9. The minimum Gasteiger partial charge on any atom is -0.389 e. The lowest BCUT2D eigenvalue weighted by Crippen LogP contribution is -2.33. The molecule has 0 bridgehead atoms. The van der Waals surface area contributed by atoms with Gasteiger partial charge in [0.05, 0.1) is 10.6 Å². The summed E-state index contributed by atoms with van der Waals surface area (Å²) >= 11 is 1.55. The molecule has 0 spiro atoms. The van der Waals surface area contributed by atoms with E-state index in [4.69, 9.17) is 0 Å². The molecule has 0 fully saturated rings. The Bertz CT molecular complexity index is 275. The first-order valence-corrected chi connectivity index (χ1v) is 5.62. The van der Waals surface area contributed by atoms with E-state index < -0.39 is 5.60 Å². The molecule has 14 heavy (non-hydrogen) atoms. The van der Waals surface area contributed by atoms with Crippen LogP contribution in [0.3, 0.4) is 0 Å². The van der Waals surface area contributed by atoms with E-state index in [1.54, 1.807) is 18.0 Å². The Morgan fingerprint density at radius 2 is 2.29 bits per heavy atom. The van der Waals surface area contributed by atoms with Crippen molar-refractivity contribution in [1.82, 2.24) is 9.97 Å². The fourth-order valence-electron chi connectivity index (χ4n) is 0.751. The highest BCUT2D eigenvalue weighted by Crippen LogP contribution is 2.25. The fourth-order valence-corrected chi connectivity index (χ4v) is 1.80. The van der Waals surface area contributed by atoms with Gasteiger partial charge in [0.25, 0.3) is 0 Å². The number of aromatic nitrogens is 2. The number of thioether (sulfide) groups is 1. The molecular formula is C10H16N2OS. The molecule has 0 saturated carbocycles. The standard InChI is InChI=1S/C10H16N2OS/c1-8(2)10(3,13)6-14-9-4-5-11-7-12-9/h4-5,7-8,13H,6H2,1-3H3. The van der Waals surface area contributed by atoms with Gasteiger partial charge in [0.15, 0.2) is 0 Å². The second-order valence-electron chi connectivity index (χ2n) is 3.85. The second-order valence-corrected chi connectivity index (χ2v) is 4.84. The average molecular weight is 212 g/mol. The van der Waals surface area contributed by atoms with Crippen LogP contribution < -0.4 is 0 Å². The number of aliphatic hydroxyl groups is 1. The lowest BCUT2D eigenvalue weighted by molar-refractivity contribution is 0.0376. The third kappa shape index (κ3) is 3.27. The Morgan fingerprint density at radius 3 is 2.79 bits per heavy atom. The van der Waals surface area contributed by atoms with Crippen LogP contribution in [0, 0.1) is 5.92 Å². The lowest BCUT2D eigenvalue weighted by atomic mass is 9.95. The van der Waals surface area contributed by atoms with Crippen LogP contribution in [0.2, 0.25) is 0 Å². The zero-order valence-corrected chi connectivity index (χ0v) is 9.58. The molecule has 78 valence electrons. The quantitative estimate of drug-likeness (QED) is 0.612. The van der Waals surface area contributed by atoms with Crippen LogP contribution in [-0.4, -0.2) is 26.4 Å². The summed E-state index contributed by atoms with van der Waals surface area (Å²) in [6.07, 6.45) is 3.23. The highest BCUT2D eigenvalue weighted by Gasteiger charge is 2.24. The molecule has 1 aromatic rings. The Morgan fingerprint density at radius 1 is 1.57 bits per heavy atom. The molecular weight excluding hydrogens is 196 g/mol. The minimum absolute atomic E-state index is 0.247. The van der Waals surface area contributed by atoms with E-state index in [1.807, 2.05) is 26.8 Å². The van der Waals surface area contributed by atoms with Gasteiger partial charge in [0.1, 0.15) is 6.33 Å². The Hall–Kier alpha value is -0.610. The molecule has 0 radical (unpaired) electrons. The van der Waals surface area contributed by atoms with E-state index in [1.165, 1.54) is 6.33 Å². The first-order valence-electron chi connectivity index (χ1n) is 4.63. The third-order valence-electron chi connectivity index (χ3n) is 2.31. The van der Waals surface area contributed by atoms with Crippen molar-refractivity contribution in [1.29, 1.82) is 0 Å². The van der Waals surface area contributed by atoms with E-state index in [0.717, 1.165) is 5.03 Å². The zero-order chi connectivity index (χ0) is 10.6. The molecule has 1 heterocycles. The van der Waals surface area contributed by atoms with Crippen LogP contribution in [0.4, 0.5) is 0 Å². The predicted molar refractivity (Wildman–Crippen MR) is 58.2 cm³/mol. The van der Waals surface area contributed by atoms with Gasteiger partial charge in [-0.15, -0.1) is 11.8 Å². The summed E-state index contributed by atoms with van der Waals surface area (Å²) in [5.41, 5.74) is -0.643. The molecule has 4 heteroatoms. The molecule has 0 amide bonds. The van der Waals surface area contributed by atoms with Crippen LogP contribution in [0.5, 0.6) is 0 Å². The molecule has 0 aliphatic carbocycles. The molecule has 1 atom stereocenters. The first kappa shape index (κ1) is 11.5. The summed E-state index contributed by atoms with van der Waals surface area (Å²) in [5.74, 6) is 0.902. The lowest BCUT2D eigenvalue weighted by Gasteiger charge is -2.26. The maximum atomic E-state index is 9.99. The van der Waals surface area contributed by atoms with Gasteiger partial charge in [-0.25, -0.2) is 9.97 Å². The van der Waals surface area contributed by atoms with Crippen molar-refractivity contribution >= 4 is 11.8 Å². The van der Waals surface area contributed by atoms with Crippen molar-refractivity contribution in [2.45, 2.75) is 31.4 Å². The van der Waals surface area contributed by atoms with E-state index in [-0.39, 0.29) is 5.92 Å². The molecule has 0 aromatic carbocycles. The monoisotopic (exact) mass is 212 g/mol. The molecule has 0 aliphatic rings. The van der Waals surface area contributed by atoms with Crippen molar-refractivity contribution in [2.75, 3.05) is 5.75 Å². The minimum atomic E-state index is -0.643. The summed E-state index contributed by atoms with van der Waals surface area (Å²) in [7, 11) is 0. The van der Waals surface area contributed by atoms with Crippen molar-refractivity contribution in [3.8, 4) is 0 Å². The molecule has 0 aliphatic heterocycles. The van der Waals surface area contributed by atoms with Crippen LogP contribution in [0.1, 0.15) is 20.8 Å². The van der Waals surface area contributed by atoms with Gasteiger partial charge in [0, 0.05) is 11.9 Å². The Balaban J connectivity index is 2.49. The number of rotatable bonds is 4.